The fraction of sp³-hybridized carbons (Fsp3) is 0.357. The molecule has 2 N–H and O–H groups in total. The van der Waals surface area contributed by atoms with E-state index in [2.05, 4.69) is 40.9 Å². The van der Waals surface area contributed by atoms with Crippen LogP contribution in [-0.4, -0.2) is 15.0 Å². The summed E-state index contributed by atoms with van der Waals surface area (Å²) < 4.78 is 0. The standard InChI is InChI=1S/C14H18N4S/c1-3-6-12-16-13(18-14(15)17-12)9-19-11-8-5-4-7-10(11)2/h4-5,7-8H,3,6,9H2,1-2H3,(H2,15,16,17,18). The van der Waals surface area contributed by atoms with Gasteiger partial charge in [-0.05, 0) is 25.0 Å². The quantitative estimate of drug-likeness (QED) is 0.849. The maximum atomic E-state index is 5.72. The van der Waals surface area contributed by atoms with Gasteiger partial charge in [0.1, 0.15) is 11.6 Å². The molecule has 1 aromatic heterocycles. The van der Waals surface area contributed by atoms with Crippen LogP contribution in [0.15, 0.2) is 29.2 Å². The fourth-order valence-corrected chi connectivity index (χ4v) is 2.63. The van der Waals surface area contributed by atoms with E-state index in [4.69, 9.17) is 5.73 Å². The molecule has 0 aliphatic carbocycles. The number of thioether (sulfide) groups is 1. The van der Waals surface area contributed by atoms with Gasteiger partial charge >= 0.3 is 0 Å². The maximum absolute atomic E-state index is 5.72. The highest BCUT2D eigenvalue weighted by molar-refractivity contribution is 7.98. The van der Waals surface area contributed by atoms with Crippen molar-refractivity contribution in [3.8, 4) is 0 Å². The average molecular weight is 274 g/mol. The maximum Gasteiger partial charge on any atom is 0.223 e. The molecule has 0 saturated heterocycles. The van der Waals surface area contributed by atoms with Gasteiger partial charge in [-0.3, -0.25) is 0 Å². The van der Waals surface area contributed by atoms with Crippen molar-refractivity contribution in [3.05, 3.63) is 41.5 Å². The molecule has 0 aliphatic heterocycles. The molecule has 100 valence electrons. The van der Waals surface area contributed by atoms with E-state index in [1.54, 1.807) is 11.8 Å². The van der Waals surface area contributed by atoms with Gasteiger partial charge in [-0.15, -0.1) is 11.8 Å². The van der Waals surface area contributed by atoms with Gasteiger partial charge in [0.25, 0.3) is 0 Å². The zero-order valence-corrected chi connectivity index (χ0v) is 12.1. The fourth-order valence-electron chi connectivity index (χ4n) is 1.75. The van der Waals surface area contributed by atoms with Crippen molar-refractivity contribution in [1.82, 2.24) is 15.0 Å². The van der Waals surface area contributed by atoms with E-state index < -0.39 is 0 Å². The van der Waals surface area contributed by atoms with Gasteiger partial charge < -0.3 is 5.73 Å². The zero-order chi connectivity index (χ0) is 13.7. The lowest BCUT2D eigenvalue weighted by Crippen LogP contribution is -2.06. The van der Waals surface area contributed by atoms with Gasteiger partial charge in [0, 0.05) is 11.3 Å². The van der Waals surface area contributed by atoms with E-state index in [0.29, 0.717) is 11.7 Å². The minimum atomic E-state index is 0.318. The normalized spacial score (nSPS) is 10.6. The minimum absolute atomic E-state index is 0.318. The Kier molecular flexibility index (Phi) is 4.74. The predicted octanol–water partition coefficient (Wildman–Crippen LogP) is 3.01. The molecule has 0 spiro atoms. The summed E-state index contributed by atoms with van der Waals surface area (Å²) in [6.45, 7) is 4.20. The number of benzene rings is 1. The average Bonchev–Trinajstić information content (AvgIpc) is 2.37. The Morgan fingerprint density at radius 3 is 2.58 bits per heavy atom. The summed E-state index contributed by atoms with van der Waals surface area (Å²) in [5, 5.41) is 0. The number of nitrogens with two attached hydrogens (primary N) is 1. The number of nitrogens with zero attached hydrogens (tertiary/aromatic N) is 3. The molecule has 0 fully saturated rings. The first-order valence-electron chi connectivity index (χ1n) is 6.36. The Morgan fingerprint density at radius 2 is 1.84 bits per heavy atom. The largest absolute Gasteiger partial charge is 0.368 e. The Morgan fingerprint density at radius 1 is 1.11 bits per heavy atom. The topological polar surface area (TPSA) is 64.7 Å². The lowest BCUT2D eigenvalue weighted by atomic mass is 10.2. The smallest absolute Gasteiger partial charge is 0.223 e. The third-order valence-electron chi connectivity index (χ3n) is 2.67. The second kappa shape index (κ2) is 6.52. The van der Waals surface area contributed by atoms with Crippen LogP contribution in [0.4, 0.5) is 5.95 Å². The summed E-state index contributed by atoms with van der Waals surface area (Å²) in [6.07, 6.45) is 1.85. The number of hydrogen-bond acceptors (Lipinski definition) is 5. The van der Waals surface area contributed by atoms with Crippen LogP contribution in [0, 0.1) is 6.92 Å². The molecule has 0 aliphatic rings. The minimum Gasteiger partial charge on any atom is -0.368 e. The zero-order valence-electron chi connectivity index (χ0n) is 11.3. The molecule has 5 heteroatoms. The Labute approximate surface area is 117 Å². The number of aromatic nitrogens is 3. The molecule has 0 radical (unpaired) electrons. The van der Waals surface area contributed by atoms with Crippen molar-refractivity contribution < 1.29 is 0 Å². The van der Waals surface area contributed by atoms with E-state index in [1.165, 1.54) is 10.5 Å². The molecule has 2 rings (SSSR count). The van der Waals surface area contributed by atoms with Crippen molar-refractivity contribution >= 4 is 17.7 Å². The highest BCUT2D eigenvalue weighted by Gasteiger charge is 2.05. The highest BCUT2D eigenvalue weighted by Crippen LogP contribution is 2.24. The summed E-state index contributed by atoms with van der Waals surface area (Å²) in [7, 11) is 0. The van der Waals surface area contributed by atoms with Crippen molar-refractivity contribution in [2.75, 3.05) is 5.73 Å². The summed E-state index contributed by atoms with van der Waals surface area (Å²) >= 11 is 1.73. The van der Waals surface area contributed by atoms with E-state index in [-0.39, 0.29) is 0 Å². The van der Waals surface area contributed by atoms with Crippen LogP contribution < -0.4 is 5.73 Å². The molecule has 19 heavy (non-hydrogen) atoms. The number of anilines is 1. The molecule has 0 bridgehead atoms. The highest BCUT2D eigenvalue weighted by atomic mass is 32.2. The van der Waals surface area contributed by atoms with Gasteiger partial charge in [-0.25, -0.2) is 4.98 Å². The molecule has 0 unspecified atom stereocenters. The Balaban J connectivity index is 2.09. The third kappa shape index (κ3) is 3.92. The van der Waals surface area contributed by atoms with E-state index in [1.807, 2.05) is 12.1 Å². The van der Waals surface area contributed by atoms with Crippen molar-refractivity contribution in [2.45, 2.75) is 37.3 Å². The van der Waals surface area contributed by atoms with Gasteiger partial charge in [-0.1, -0.05) is 25.1 Å². The van der Waals surface area contributed by atoms with Crippen LogP contribution in [0.1, 0.15) is 30.6 Å². The summed E-state index contributed by atoms with van der Waals surface area (Å²) in [5.41, 5.74) is 6.98. The number of aryl methyl sites for hydroxylation is 2. The molecule has 0 saturated carbocycles. The second-order valence-corrected chi connectivity index (χ2v) is 5.35. The SMILES string of the molecule is CCCc1nc(N)nc(CSc2ccccc2C)n1. The van der Waals surface area contributed by atoms with Gasteiger partial charge in [0.05, 0.1) is 5.75 Å². The summed E-state index contributed by atoms with van der Waals surface area (Å²) in [6, 6.07) is 8.30. The van der Waals surface area contributed by atoms with Crippen molar-refractivity contribution in [1.29, 1.82) is 0 Å². The molecule has 4 nitrogen and oxygen atoms in total. The molecule has 0 amide bonds. The van der Waals surface area contributed by atoms with E-state index in [9.17, 15) is 0 Å². The molecular formula is C14H18N4S. The van der Waals surface area contributed by atoms with Crippen LogP contribution in [-0.2, 0) is 12.2 Å². The first-order chi connectivity index (χ1) is 9.19. The third-order valence-corrected chi connectivity index (χ3v) is 3.84. The second-order valence-electron chi connectivity index (χ2n) is 4.33. The molecule has 0 atom stereocenters. The van der Waals surface area contributed by atoms with E-state index in [0.717, 1.165) is 24.5 Å². The van der Waals surface area contributed by atoms with Crippen LogP contribution in [0.25, 0.3) is 0 Å². The number of rotatable bonds is 5. The Bertz CT molecular complexity index is 557. The first-order valence-corrected chi connectivity index (χ1v) is 7.35. The molecule has 1 aromatic carbocycles. The lowest BCUT2D eigenvalue weighted by Gasteiger charge is -2.06. The monoisotopic (exact) mass is 274 g/mol. The lowest BCUT2D eigenvalue weighted by molar-refractivity contribution is 0.802. The van der Waals surface area contributed by atoms with Gasteiger partial charge in [0.2, 0.25) is 5.95 Å². The Hall–Kier alpha value is -1.62. The van der Waals surface area contributed by atoms with Crippen LogP contribution in [0.5, 0.6) is 0 Å². The van der Waals surface area contributed by atoms with Crippen LogP contribution in [0.2, 0.25) is 0 Å². The van der Waals surface area contributed by atoms with Crippen LogP contribution >= 0.6 is 11.8 Å². The van der Waals surface area contributed by atoms with Gasteiger partial charge in [0.15, 0.2) is 0 Å². The molecule has 1 heterocycles. The summed E-state index contributed by atoms with van der Waals surface area (Å²) in [4.78, 5) is 14.0. The van der Waals surface area contributed by atoms with Gasteiger partial charge in [-0.2, -0.15) is 9.97 Å². The van der Waals surface area contributed by atoms with Crippen molar-refractivity contribution in [2.24, 2.45) is 0 Å². The predicted molar refractivity (Wildman–Crippen MR) is 79.0 cm³/mol. The van der Waals surface area contributed by atoms with E-state index >= 15 is 0 Å². The number of hydrogen-bond donors (Lipinski definition) is 1. The van der Waals surface area contributed by atoms with Crippen molar-refractivity contribution in [3.63, 3.8) is 0 Å². The molecular weight excluding hydrogens is 256 g/mol. The van der Waals surface area contributed by atoms with Crippen LogP contribution in [0.3, 0.4) is 0 Å². The molecule has 2 aromatic rings. The summed E-state index contributed by atoms with van der Waals surface area (Å²) in [5.74, 6) is 2.58. The number of nitrogen functional groups attached to an aromatic ring is 1. The first kappa shape index (κ1) is 13.8.